The van der Waals surface area contributed by atoms with Gasteiger partial charge in [0.05, 0.1) is 24.3 Å². The molecule has 2 unspecified atom stereocenters. The zero-order chi connectivity index (χ0) is 29.4. The van der Waals surface area contributed by atoms with Gasteiger partial charge in [0.15, 0.2) is 0 Å². The average Bonchev–Trinajstić information content (AvgIpc) is 3.97. The third-order valence-electron chi connectivity index (χ3n) is 6.38. The lowest BCUT2D eigenvalue weighted by atomic mass is 10.2. The van der Waals surface area contributed by atoms with Crippen LogP contribution in [0.15, 0.2) is 97.1 Å². The summed E-state index contributed by atoms with van der Waals surface area (Å²) in [6, 6.07) is 26.7. The number of rotatable bonds is 14. The number of carbonyl (C=O) groups is 2. The molecule has 10 nitrogen and oxygen atoms in total. The maximum Gasteiger partial charge on any atom is 0.343 e. The van der Waals surface area contributed by atoms with Gasteiger partial charge in [0.2, 0.25) is 6.79 Å². The van der Waals surface area contributed by atoms with E-state index < -0.39 is 11.9 Å². The van der Waals surface area contributed by atoms with Crippen LogP contribution in [0.2, 0.25) is 0 Å². The van der Waals surface area contributed by atoms with Crippen LogP contribution in [-0.4, -0.2) is 57.4 Å². The first-order valence-corrected chi connectivity index (χ1v) is 13.7. The van der Waals surface area contributed by atoms with Crippen molar-refractivity contribution in [2.24, 2.45) is 0 Å². The van der Waals surface area contributed by atoms with Crippen molar-refractivity contribution in [1.29, 1.82) is 0 Å². The number of carbonyl (C=O) groups excluding carboxylic acids is 2. The molecule has 2 saturated heterocycles. The minimum absolute atomic E-state index is 0.0732. The van der Waals surface area contributed by atoms with Gasteiger partial charge in [-0.3, -0.25) is 0 Å². The molecule has 0 saturated carbocycles. The molecular weight excluding hydrogens is 556 g/mol. The van der Waals surface area contributed by atoms with Gasteiger partial charge in [-0.05, 0) is 97.1 Å². The Morgan fingerprint density at radius 1 is 0.488 bits per heavy atom. The molecule has 2 fully saturated rings. The zero-order valence-electron chi connectivity index (χ0n) is 23.0. The fraction of sp³-hybridized carbons (Fsp3) is 0.212. The molecule has 6 rings (SSSR count). The summed E-state index contributed by atoms with van der Waals surface area (Å²) in [7, 11) is 0. The van der Waals surface area contributed by atoms with Crippen molar-refractivity contribution in [2.45, 2.75) is 12.2 Å². The second-order valence-electron chi connectivity index (χ2n) is 9.71. The van der Waals surface area contributed by atoms with Crippen LogP contribution in [-0.2, 0) is 9.47 Å². The Bertz CT molecular complexity index is 1390. The van der Waals surface area contributed by atoms with Crippen LogP contribution in [0.3, 0.4) is 0 Å². The van der Waals surface area contributed by atoms with Crippen LogP contribution in [0, 0.1) is 0 Å². The van der Waals surface area contributed by atoms with Crippen molar-refractivity contribution in [3.8, 4) is 34.5 Å². The predicted octanol–water partition coefficient (Wildman–Crippen LogP) is 5.10. The Morgan fingerprint density at radius 3 is 1.14 bits per heavy atom. The maximum atomic E-state index is 12.5. The molecule has 43 heavy (non-hydrogen) atoms. The van der Waals surface area contributed by atoms with E-state index in [4.69, 9.17) is 37.9 Å². The molecule has 2 aliphatic rings. The monoisotopic (exact) mass is 584 g/mol. The molecule has 2 aliphatic heterocycles. The number of ether oxygens (including phenoxy) is 8. The highest BCUT2D eigenvalue weighted by molar-refractivity contribution is 5.91. The van der Waals surface area contributed by atoms with Crippen LogP contribution < -0.4 is 28.4 Å². The third kappa shape index (κ3) is 8.48. The van der Waals surface area contributed by atoms with Crippen LogP contribution in [0.1, 0.15) is 20.7 Å². The molecule has 4 aromatic rings. The first-order chi connectivity index (χ1) is 21.1. The van der Waals surface area contributed by atoms with Gasteiger partial charge in [-0.2, -0.15) is 0 Å². The minimum atomic E-state index is -0.494. The first-order valence-electron chi connectivity index (χ1n) is 13.7. The Hall–Kier alpha value is -5.06. The molecule has 220 valence electrons. The van der Waals surface area contributed by atoms with Gasteiger partial charge >= 0.3 is 11.9 Å². The zero-order valence-corrected chi connectivity index (χ0v) is 23.0. The van der Waals surface area contributed by atoms with E-state index in [0.717, 1.165) is 13.2 Å². The largest absolute Gasteiger partial charge is 0.491 e. The van der Waals surface area contributed by atoms with Crippen molar-refractivity contribution in [2.75, 3.05) is 33.2 Å². The number of esters is 2. The van der Waals surface area contributed by atoms with E-state index in [2.05, 4.69) is 0 Å². The Balaban J connectivity index is 0.913. The van der Waals surface area contributed by atoms with Crippen molar-refractivity contribution in [1.82, 2.24) is 0 Å². The molecule has 0 bridgehead atoms. The topological polar surface area (TPSA) is 115 Å². The van der Waals surface area contributed by atoms with Crippen LogP contribution in [0.4, 0.5) is 0 Å². The van der Waals surface area contributed by atoms with Crippen molar-refractivity contribution >= 4 is 11.9 Å². The highest BCUT2D eigenvalue weighted by Crippen LogP contribution is 2.23. The number of hydrogen-bond donors (Lipinski definition) is 0. The molecule has 2 heterocycles. The summed E-state index contributed by atoms with van der Waals surface area (Å²) in [6.07, 6.45) is 0.342. The standard InChI is InChI=1S/C33H28O10/c34-32(42-28-13-9-24(10-14-28)36-17-30-19-38-30)22-1-5-26(6-2-22)40-21-41-27-7-3-23(4-8-27)33(35)43-29-15-11-25(12-16-29)37-18-31-20-39-31/h1-16,30-31H,17-21H2. The van der Waals surface area contributed by atoms with Crippen LogP contribution >= 0.6 is 0 Å². The Morgan fingerprint density at radius 2 is 0.791 bits per heavy atom. The summed E-state index contributed by atoms with van der Waals surface area (Å²) < 4.78 is 43.5. The van der Waals surface area contributed by atoms with E-state index in [1.807, 2.05) is 0 Å². The van der Waals surface area contributed by atoms with Gasteiger partial charge in [0, 0.05) is 0 Å². The lowest BCUT2D eigenvalue weighted by Crippen LogP contribution is -2.10. The van der Waals surface area contributed by atoms with Gasteiger partial charge in [-0.1, -0.05) is 0 Å². The molecule has 0 aliphatic carbocycles. The summed E-state index contributed by atoms with van der Waals surface area (Å²) in [6.45, 7) is 2.39. The highest BCUT2D eigenvalue weighted by atomic mass is 16.7. The highest BCUT2D eigenvalue weighted by Gasteiger charge is 2.23. The number of epoxide rings is 2. The van der Waals surface area contributed by atoms with Gasteiger partial charge in [0.25, 0.3) is 0 Å². The summed E-state index contributed by atoms with van der Waals surface area (Å²) in [4.78, 5) is 25.0. The summed E-state index contributed by atoms with van der Waals surface area (Å²) in [5.74, 6) is 2.21. The summed E-state index contributed by atoms with van der Waals surface area (Å²) in [5, 5.41) is 0. The van der Waals surface area contributed by atoms with Gasteiger partial charge < -0.3 is 37.9 Å². The van der Waals surface area contributed by atoms with Crippen molar-refractivity contribution in [3.05, 3.63) is 108 Å². The molecule has 0 N–H and O–H groups in total. The SMILES string of the molecule is O=C(Oc1ccc(OCC2CO2)cc1)c1ccc(OCOc2ccc(C(=O)Oc3ccc(OCC4CO4)cc3)cc2)cc1. The lowest BCUT2D eigenvalue weighted by molar-refractivity contribution is 0.0725. The van der Waals surface area contributed by atoms with E-state index in [9.17, 15) is 9.59 Å². The maximum absolute atomic E-state index is 12.5. The second kappa shape index (κ2) is 13.3. The summed E-state index contributed by atoms with van der Waals surface area (Å²) in [5.41, 5.74) is 0.741. The average molecular weight is 585 g/mol. The molecule has 4 aromatic carbocycles. The normalized spacial score (nSPS) is 16.5. The van der Waals surface area contributed by atoms with Crippen molar-refractivity contribution in [3.63, 3.8) is 0 Å². The fourth-order valence-corrected chi connectivity index (χ4v) is 3.79. The molecular formula is C33H28O10. The minimum Gasteiger partial charge on any atom is -0.491 e. The van der Waals surface area contributed by atoms with Gasteiger partial charge in [-0.25, -0.2) is 9.59 Å². The van der Waals surface area contributed by atoms with Crippen LogP contribution in [0.5, 0.6) is 34.5 Å². The fourth-order valence-electron chi connectivity index (χ4n) is 3.79. The smallest absolute Gasteiger partial charge is 0.343 e. The Labute approximate surface area is 247 Å². The molecule has 0 spiro atoms. The van der Waals surface area contributed by atoms with Crippen LogP contribution in [0.25, 0.3) is 0 Å². The van der Waals surface area contributed by atoms with E-state index >= 15 is 0 Å². The van der Waals surface area contributed by atoms with Gasteiger partial charge in [0.1, 0.15) is 59.9 Å². The van der Waals surface area contributed by atoms with Gasteiger partial charge in [-0.15, -0.1) is 0 Å². The Kier molecular flexibility index (Phi) is 8.67. The summed E-state index contributed by atoms with van der Waals surface area (Å²) >= 11 is 0. The molecule has 0 radical (unpaired) electrons. The van der Waals surface area contributed by atoms with Crippen molar-refractivity contribution < 1.29 is 47.5 Å². The lowest BCUT2D eigenvalue weighted by Gasteiger charge is -2.10. The molecule has 10 heteroatoms. The quantitative estimate of drug-likeness (QED) is 0.0859. The van der Waals surface area contributed by atoms with E-state index in [-0.39, 0.29) is 19.0 Å². The number of benzene rings is 4. The molecule has 0 aromatic heterocycles. The number of hydrogen-bond acceptors (Lipinski definition) is 10. The second-order valence-corrected chi connectivity index (χ2v) is 9.71. The third-order valence-corrected chi connectivity index (χ3v) is 6.38. The molecule has 2 atom stereocenters. The predicted molar refractivity (Wildman–Crippen MR) is 152 cm³/mol. The molecule has 0 amide bonds. The van der Waals surface area contributed by atoms with E-state index in [1.165, 1.54) is 0 Å². The van der Waals surface area contributed by atoms with E-state index in [1.54, 1.807) is 97.1 Å². The van der Waals surface area contributed by atoms with E-state index in [0.29, 0.717) is 58.8 Å². The first kappa shape index (κ1) is 28.1.